The van der Waals surface area contributed by atoms with E-state index in [1.165, 1.54) is 24.6 Å². The van der Waals surface area contributed by atoms with Crippen molar-refractivity contribution in [3.8, 4) is 11.5 Å². The Balaban J connectivity index is 0.000000205. The third-order valence-corrected chi connectivity index (χ3v) is 2.66. The molecular weight excluding hydrogens is 256 g/mol. The van der Waals surface area contributed by atoms with Gasteiger partial charge in [0.1, 0.15) is 0 Å². The van der Waals surface area contributed by atoms with Gasteiger partial charge in [-0.05, 0) is 16.8 Å². The molecule has 0 spiro atoms. The van der Waals surface area contributed by atoms with E-state index in [9.17, 15) is 0 Å². The smallest absolute Gasteiger partial charge is 0.248 e. The Bertz CT molecular complexity index is 744. The van der Waals surface area contributed by atoms with Crippen LogP contribution in [-0.4, -0.2) is 20.4 Å². The molecule has 0 amide bonds. The molecule has 6 heteroatoms. The summed E-state index contributed by atoms with van der Waals surface area (Å²) in [7, 11) is 0. The lowest BCUT2D eigenvalue weighted by atomic mass is 10.0. The fraction of sp³-hybridized carbons (Fsp3) is 0. The SMILES string of the molecule is c1ccc2c(-c3nnco3)cccc2c1.c1nnco1. The lowest BCUT2D eigenvalue weighted by molar-refractivity contribution is 0.553. The summed E-state index contributed by atoms with van der Waals surface area (Å²) >= 11 is 0. The Labute approximate surface area is 114 Å². The largest absolute Gasteiger partial charge is 0.431 e. The number of benzene rings is 2. The molecule has 20 heavy (non-hydrogen) atoms. The molecule has 6 nitrogen and oxygen atoms in total. The molecular formula is C14H10N4O2. The summed E-state index contributed by atoms with van der Waals surface area (Å²) in [5.74, 6) is 0.562. The van der Waals surface area contributed by atoms with Crippen LogP contribution in [0.2, 0.25) is 0 Å². The first-order chi connectivity index (χ1) is 9.95. The minimum Gasteiger partial charge on any atom is -0.431 e. The molecule has 2 aromatic carbocycles. The van der Waals surface area contributed by atoms with E-state index in [1.807, 2.05) is 24.3 Å². The Hall–Kier alpha value is -3.02. The molecule has 2 aromatic heterocycles. The summed E-state index contributed by atoms with van der Waals surface area (Å²) in [4.78, 5) is 0. The van der Waals surface area contributed by atoms with Gasteiger partial charge in [-0.1, -0.05) is 36.4 Å². The molecule has 0 aliphatic rings. The van der Waals surface area contributed by atoms with E-state index in [-0.39, 0.29) is 0 Å². The second kappa shape index (κ2) is 5.75. The van der Waals surface area contributed by atoms with E-state index in [2.05, 4.69) is 43.0 Å². The quantitative estimate of drug-likeness (QED) is 0.527. The zero-order chi connectivity index (χ0) is 13.6. The summed E-state index contributed by atoms with van der Waals surface area (Å²) < 4.78 is 9.57. The summed E-state index contributed by atoms with van der Waals surface area (Å²) in [5.41, 5.74) is 0.977. The van der Waals surface area contributed by atoms with Crippen molar-refractivity contribution in [1.29, 1.82) is 0 Å². The van der Waals surface area contributed by atoms with E-state index in [0.717, 1.165) is 10.9 Å². The molecule has 4 aromatic rings. The summed E-state index contributed by atoms with van der Waals surface area (Å²) in [6, 6.07) is 14.2. The van der Waals surface area contributed by atoms with Crippen molar-refractivity contribution in [3.05, 3.63) is 61.6 Å². The van der Waals surface area contributed by atoms with E-state index in [4.69, 9.17) is 4.42 Å². The topological polar surface area (TPSA) is 77.8 Å². The molecule has 0 radical (unpaired) electrons. The van der Waals surface area contributed by atoms with Gasteiger partial charge in [0.2, 0.25) is 25.1 Å². The highest BCUT2D eigenvalue weighted by Crippen LogP contribution is 2.26. The first-order valence-corrected chi connectivity index (χ1v) is 5.88. The Morgan fingerprint density at radius 1 is 0.750 bits per heavy atom. The minimum atomic E-state index is 0.562. The van der Waals surface area contributed by atoms with Crippen LogP contribution in [0.5, 0.6) is 0 Å². The maximum absolute atomic E-state index is 5.21. The van der Waals surface area contributed by atoms with Crippen molar-refractivity contribution in [1.82, 2.24) is 20.4 Å². The van der Waals surface area contributed by atoms with Crippen LogP contribution in [0, 0.1) is 0 Å². The van der Waals surface area contributed by atoms with Crippen molar-refractivity contribution in [2.45, 2.75) is 0 Å². The molecule has 98 valence electrons. The highest BCUT2D eigenvalue weighted by Gasteiger charge is 2.06. The van der Waals surface area contributed by atoms with Gasteiger partial charge in [0, 0.05) is 5.56 Å². The van der Waals surface area contributed by atoms with Gasteiger partial charge in [0.25, 0.3) is 0 Å². The summed E-state index contributed by atoms with van der Waals surface area (Å²) in [6.45, 7) is 0. The van der Waals surface area contributed by atoms with E-state index < -0.39 is 0 Å². The molecule has 0 aliphatic heterocycles. The van der Waals surface area contributed by atoms with Crippen LogP contribution in [-0.2, 0) is 0 Å². The number of fused-ring (bicyclic) bond motifs is 1. The normalized spacial score (nSPS) is 10.0. The van der Waals surface area contributed by atoms with Crippen molar-refractivity contribution >= 4 is 10.8 Å². The van der Waals surface area contributed by atoms with Crippen LogP contribution in [0.4, 0.5) is 0 Å². The molecule has 0 N–H and O–H groups in total. The second-order valence-corrected chi connectivity index (χ2v) is 3.85. The van der Waals surface area contributed by atoms with Crippen molar-refractivity contribution in [2.75, 3.05) is 0 Å². The number of nitrogens with zero attached hydrogens (tertiary/aromatic N) is 4. The first kappa shape index (κ1) is 12.0. The number of hydrogen-bond acceptors (Lipinski definition) is 6. The van der Waals surface area contributed by atoms with Crippen molar-refractivity contribution in [3.63, 3.8) is 0 Å². The zero-order valence-electron chi connectivity index (χ0n) is 10.4. The van der Waals surface area contributed by atoms with Gasteiger partial charge in [0.15, 0.2) is 0 Å². The van der Waals surface area contributed by atoms with Gasteiger partial charge in [-0.25, -0.2) is 0 Å². The average Bonchev–Trinajstić information content (AvgIpc) is 3.22. The van der Waals surface area contributed by atoms with Gasteiger partial charge in [-0.2, -0.15) is 0 Å². The van der Waals surface area contributed by atoms with Gasteiger partial charge < -0.3 is 8.83 Å². The molecule has 0 saturated heterocycles. The Morgan fingerprint density at radius 2 is 1.55 bits per heavy atom. The molecule has 0 atom stereocenters. The van der Waals surface area contributed by atoms with Gasteiger partial charge in [-0.15, -0.1) is 20.4 Å². The van der Waals surface area contributed by atoms with Crippen LogP contribution in [0.15, 0.2) is 70.5 Å². The third kappa shape index (κ3) is 2.54. The van der Waals surface area contributed by atoms with Crippen LogP contribution in [0.25, 0.3) is 22.2 Å². The van der Waals surface area contributed by atoms with E-state index >= 15 is 0 Å². The number of rotatable bonds is 1. The second-order valence-electron chi connectivity index (χ2n) is 3.85. The molecule has 0 unspecified atom stereocenters. The molecule has 4 rings (SSSR count). The molecule has 2 heterocycles. The standard InChI is InChI=1S/C12H8N2O.C2H2N2O/c1-2-6-10-9(4-1)5-3-7-11(10)12-14-13-8-15-12;1-3-4-2-5-1/h1-8H;1-2H. The summed E-state index contributed by atoms with van der Waals surface area (Å²) in [5, 5.41) is 16.5. The fourth-order valence-corrected chi connectivity index (χ4v) is 1.84. The predicted octanol–water partition coefficient (Wildman–Crippen LogP) is 2.96. The lowest BCUT2D eigenvalue weighted by Crippen LogP contribution is -1.80. The third-order valence-electron chi connectivity index (χ3n) is 2.66. The highest BCUT2D eigenvalue weighted by atomic mass is 16.4. The first-order valence-electron chi connectivity index (χ1n) is 5.88. The molecule has 0 fully saturated rings. The maximum Gasteiger partial charge on any atom is 0.248 e. The Kier molecular flexibility index (Phi) is 3.46. The molecule has 0 saturated carbocycles. The van der Waals surface area contributed by atoms with Crippen LogP contribution in [0.1, 0.15) is 0 Å². The van der Waals surface area contributed by atoms with Crippen molar-refractivity contribution < 1.29 is 8.83 Å². The van der Waals surface area contributed by atoms with Crippen molar-refractivity contribution in [2.24, 2.45) is 0 Å². The minimum absolute atomic E-state index is 0.562. The summed E-state index contributed by atoms with van der Waals surface area (Å²) in [6.07, 6.45) is 3.87. The monoisotopic (exact) mass is 266 g/mol. The highest BCUT2D eigenvalue weighted by molar-refractivity contribution is 5.94. The number of hydrogen-bond donors (Lipinski definition) is 0. The van der Waals surface area contributed by atoms with Crippen LogP contribution >= 0.6 is 0 Å². The molecule has 0 bridgehead atoms. The predicted molar refractivity (Wildman–Crippen MR) is 71.5 cm³/mol. The molecule has 0 aliphatic carbocycles. The Morgan fingerprint density at radius 3 is 2.25 bits per heavy atom. The van der Waals surface area contributed by atoms with Crippen LogP contribution in [0.3, 0.4) is 0 Å². The van der Waals surface area contributed by atoms with Gasteiger partial charge >= 0.3 is 0 Å². The van der Waals surface area contributed by atoms with Crippen LogP contribution < -0.4 is 0 Å². The van der Waals surface area contributed by atoms with E-state index in [1.54, 1.807) is 0 Å². The maximum atomic E-state index is 5.21. The number of aromatic nitrogens is 4. The zero-order valence-corrected chi connectivity index (χ0v) is 10.4. The van der Waals surface area contributed by atoms with Gasteiger partial charge in [-0.3, -0.25) is 0 Å². The van der Waals surface area contributed by atoms with E-state index in [0.29, 0.717) is 5.89 Å². The average molecular weight is 266 g/mol. The van der Waals surface area contributed by atoms with Gasteiger partial charge in [0.05, 0.1) is 0 Å². The lowest BCUT2D eigenvalue weighted by Gasteiger charge is -2.01. The fourth-order valence-electron chi connectivity index (χ4n) is 1.84.